The summed E-state index contributed by atoms with van der Waals surface area (Å²) in [5.74, 6) is 0.901. The Kier molecular flexibility index (Phi) is 7.33. The fourth-order valence-corrected chi connectivity index (χ4v) is 8.12. The van der Waals surface area contributed by atoms with Crippen LogP contribution >= 0.6 is 0 Å². The summed E-state index contributed by atoms with van der Waals surface area (Å²) in [4.78, 5) is 0. The Morgan fingerprint density at radius 2 is 0.755 bits per heavy atom. The lowest BCUT2D eigenvalue weighted by molar-refractivity contribution is 0.632. The SMILES string of the molecule is Cc1ccc(-c2oc3cc(-c4c5ccccc5c(-c5ccc(-c6ccc7ccccc7c6)cc5)c5ccccc45)ccc3c2-c2ccc(C)cc2)cc1. The molecule has 0 spiro atoms. The van der Waals surface area contributed by atoms with Crippen molar-refractivity contribution in [3.05, 3.63) is 193 Å². The summed E-state index contributed by atoms with van der Waals surface area (Å²) in [6.45, 7) is 4.25. The average molecular weight is 677 g/mol. The molecule has 0 aliphatic rings. The predicted octanol–water partition coefficient (Wildman–Crippen LogP) is 14.8. The quantitative estimate of drug-likeness (QED) is 0.165. The van der Waals surface area contributed by atoms with E-state index < -0.39 is 0 Å². The zero-order valence-electron chi connectivity index (χ0n) is 29.7. The molecule has 0 N–H and O–H groups in total. The van der Waals surface area contributed by atoms with Crippen molar-refractivity contribution in [3.8, 4) is 55.8 Å². The number of hydrogen-bond donors (Lipinski definition) is 0. The maximum absolute atomic E-state index is 6.86. The molecule has 0 radical (unpaired) electrons. The molecular formula is C52H36O. The van der Waals surface area contributed by atoms with Crippen LogP contribution in [0.1, 0.15) is 11.1 Å². The first kappa shape index (κ1) is 31.1. The van der Waals surface area contributed by atoms with Crippen LogP contribution < -0.4 is 0 Å². The summed E-state index contributed by atoms with van der Waals surface area (Å²) >= 11 is 0. The minimum Gasteiger partial charge on any atom is -0.455 e. The van der Waals surface area contributed by atoms with Crippen LogP contribution in [0.5, 0.6) is 0 Å². The molecule has 0 atom stereocenters. The van der Waals surface area contributed by atoms with E-state index in [0.29, 0.717) is 0 Å². The summed E-state index contributed by atoms with van der Waals surface area (Å²) in [5, 5.41) is 8.55. The number of aryl methyl sites for hydroxylation is 2. The summed E-state index contributed by atoms with van der Waals surface area (Å²) in [7, 11) is 0. The van der Waals surface area contributed by atoms with Gasteiger partial charge in [-0.3, -0.25) is 0 Å². The molecule has 0 amide bonds. The first-order valence-corrected chi connectivity index (χ1v) is 18.3. The van der Waals surface area contributed by atoms with Crippen LogP contribution in [-0.2, 0) is 0 Å². The Labute approximate surface area is 309 Å². The van der Waals surface area contributed by atoms with E-state index in [0.717, 1.165) is 39.0 Å². The lowest BCUT2D eigenvalue weighted by Crippen LogP contribution is -1.91. The maximum atomic E-state index is 6.86. The fourth-order valence-electron chi connectivity index (χ4n) is 8.12. The highest BCUT2D eigenvalue weighted by atomic mass is 16.3. The molecule has 1 heterocycles. The van der Waals surface area contributed by atoms with Crippen LogP contribution in [0.3, 0.4) is 0 Å². The zero-order valence-corrected chi connectivity index (χ0v) is 29.7. The van der Waals surface area contributed by atoms with Crippen molar-refractivity contribution in [1.29, 1.82) is 0 Å². The molecule has 1 heteroatoms. The number of furan rings is 1. The molecule has 0 fully saturated rings. The molecule has 0 aliphatic heterocycles. The van der Waals surface area contributed by atoms with Crippen LogP contribution in [0.15, 0.2) is 186 Å². The van der Waals surface area contributed by atoms with Crippen molar-refractivity contribution in [3.63, 3.8) is 0 Å². The Bertz CT molecular complexity index is 2920. The van der Waals surface area contributed by atoms with Crippen LogP contribution in [-0.4, -0.2) is 0 Å². The normalized spacial score (nSPS) is 11.6. The van der Waals surface area contributed by atoms with E-state index in [1.807, 2.05) is 0 Å². The van der Waals surface area contributed by atoms with E-state index in [-0.39, 0.29) is 0 Å². The van der Waals surface area contributed by atoms with E-state index in [2.05, 4.69) is 196 Å². The molecule has 0 saturated heterocycles. The highest BCUT2D eigenvalue weighted by Gasteiger charge is 2.21. The first-order valence-electron chi connectivity index (χ1n) is 18.3. The first-order chi connectivity index (χ1) is 26.1. The van der Waals surface area contributed by atoms with Crippen LogP contribution in [0, 0.1) is 13.8 Å². The van der Waals surface area contributed by atoms with Gasteiger partial charge in [-0.15, -0.1) is 0 Å². The second-order valence-corrected chi connectivity index (χ2v) is 14.2. The largest absolute Gasteiger partial charge is 0.455 e. The number of benzene rings is 9. The van der Waals surface area contributed by atoms with E-state index in [1.165, 1.54) is 71.3 Å². The standard InChI is InChI=1S/C52H36O/c1-33-15-19-38(20-16-33)51-47-30-29-42(32-48(47)53-52(51)39-21-17-34(2)18-22-39)50-45-13-7-5-11-43(45)49(44-12-6-8-14-46(44)50)37-26-23-36(24-27-37)41-28-25-35-9-3-4-10-40(35)31-41/h3-32H,1-2H3. The second-order valence-electron chi connectivity index (χ2n) is 14.2. The van der Waals surface area contributed by atoms with Gasteiger partial charge in [0.2, 0.25) is 0 Å². The van der Waals surface area contributed by atoms with Crippen molar-refractivity contribution in [2.75, 3.05) is 0 Å². The van der Waals surface area contributed by atoms with Gasteiger partial charge in [0.1, 0.15) is 11.3 Å². The van der Waals surface area contributed by atoms with Crippen molar-refractivity contribution < 1.29 is 4.42 Å². The molecule has 10 aromatic rings. The van der Waals surface area contributed by atoms with E-state index in [1.54, 1.807) is 0 Å². The minimum atomic E-state index is 0.884. The van der Waals surface area contributed by atoms with Gasteiger partial charge >= 0.3 is 0 Å². The number of rotatable bonds is 5. The molecule has 9 aromatic carbocycles. The summed E-state index contributed by atoms with van der Waals surface area (Å²) < 4.78 is 6.86. The average Bonchev–Trinajstić information content (AvgIpc) is 3.59. The van der Waals surface area contributed by atoms with Crippen LogP contribution in [0.25, 0.3) is 99.1 Å². The lowest BCUT2D eigenvalue weighted by Gasteiger charge is -2.18. The zero-order chi connectivity index (χ0) is 35.5. The number of hydrogen-bond acceptors (Lipinski definition) is 1. The van der Waals surface area contributed by atoms with Gasteiger partial charge in [-0.1, -0.05) is 175 Å². The third-order valence-corrected chi connectivity index (χ3v) is 10.8. The summed E-state index contributed by atoms with van der Waals surface area (Å²) in [6, 6.07) is 66.3. The van der Waals surface area contributed by atoms with Crippen LogP contribution in [0.2, 0.25) is 0 Å². The Morgan fingerprint density at radius 1 is 0.302 bits per heavy atom. The molecule has 0 unspecified atom stereocenters. The minimum absolute atomic E-state index is 0.884. The fraction of sp³-hybridized carbons (Fsp3) is 0.0385. The molecule has 53 heavy (non-hydrogen) atoms. The number of fused-ring (bicyclic) bond motifs is 4. The maximum Gasteiger partial charge on any atom is 0.143 e. The summed E-state index contributed by atoms with van der Waals surface area (Å²) in [5.41, 5.74) is 14.0. The topological polar surface area (TPSA) is 13.1 Å². The predicted molar refractivity (Wildman–Crippen MR) is 225 cm³/mol. The van der Waals surface area contributed by atoms with Crippen molar-refractivity contribution in [1.82, 2.24) is 0 Å². The summed E-state index contributed by atoms with van der Waals surface area (Å²) in [6.07, 6.45) is 0. The van der Waals surface area contributed by atoms with Gasteiger partial charge in [0.05, 0.1) is 0 Å². The third-order valence-electron chi connectivity index (χ3n) is 10.8. The molecular weight excluding hydrogens is 641 g/mol. The van der Waals surface area contributed by atoms with Gasteiger partial charge in [0, 0.05) is 16.5 Å². The van der Waals surface area contributed by atoms with Crippen molar-refractivity contribution in [2.24, 2.45) is 0 Å². The molecule has 1 aromatic heterocycles. The van der Waals surface area contributed by atoms with Gasteiger partial charge in [-0.25, -0.2) is 0 Å². The highest BCUT2D eigenvalue weighted by Crippen LogP contribution is 2.47. The Hall–Kier alpha value is -6.70. The molecule has 0 saturated carbocycles. The van der Waals surface area contributed by atoms with E-state index in [9.17, 15) is 0 Å². The van der Waals surface area contributed by atoms with Crippen LogP contribution in [0.4, 0.5) is 0 Å². The smallest absolute Gasteiger partial charge is 0.143 e. The third kappa shape index (κ3) is 5.32. The van der Waals surface area contributed by atoms with Crippen molar-refractivity contribution >= 4 is 43.3 Å². The van der Waals surface area contributed by atoms with Crippen molar-refractivity contribution in [2.45, 2.75) is 13.8 Å². The Balaban J connectivity index is 1.15. The molecule has 1 nitrogen and oxygen atoms in total. The van der Waals surface area contributed by atoms with Gasteiger partial charge < -0.3 is 4.42 Å². The van der Waals surface area contributed by atoms with E-state index >= 15 is 0 Å². The molecule has 250 valence electrons. The molecule has 0 aliphatic carbocycles. The second kappa shape index (κ2) is 12.5. The van der Waals surface area contributed by atoms with Gasteiger partial charge in [0.15, 0.2) is 0 Å². The van der Waals surface area contributed by atoms with E-state index in [4.69, 9.17) is 4.42 Å². The van der Waals surface area contributed by atoms with Gasteiger partial charge in [-0.2, -0.15) is 0 Å². The Morgan fingerprint density at radius 3 is 1.38 bits per heavy atom. The highest BCUT2D eigenvalue weighted by molar-refractivity contribution is 6.22. The van der Waals surface area contributed by atoms with Gasteiger partial charge in [-0.05, 0) is 103 Å². The van der Waals surface area contributed by atoms with Gasteiger partial charge in [0.25, 0.3) is 0 Å². The molecule has 10 rings (SSSR count). The lowest BCUT2D eigenvalue weighted by atomic mass is 9.85. The monoisotopic (exact) mass is 676 g/mol. The molecule has 0 bridgehead atoms.